The summed E-state index contributed by atoms with van der Waals surface area (Å²) >= 11 is 5.80. The molecule has 1 aliphatic rings. The van der Waals surface area contributed by atoms with Crippen LogP contribution in [-0.4, -0.2) is 5.78 Å². The van der Waals surface area contributed by atoms with E-state index in [-0.39, 0.29) is 0 Å². The fourth-order valence-corrected chi connectivity index (χ4v) is 1.77. The van der Waals surface area contributed by atoms with E-state index in [1.165, 1.54) is 11.1 Å². The monoisotopic (exact) mass is 206 g/mol. The van der Waals surface area contributed by atoms with Gasteiger partial charge in [-0.3, -0.25) is 4.79 Å². The number of hydrogen-bond acceptors (Lipinski definition) is 1. The molecule has 0 aliphatic heterocycles. The van der Waals surface area contributed by atoms with Gasteiger partial charge in [0.25, 0.3) is 0 Å². The molecule has 0 heterocycles. The molecule has 2 heteroatoms. The molecule has 0 radical (unpaired) electrons. The number of allylic oxidation sites excluding steroid dienone is 2. The zero-order valence-electron chi connectivity index (χ0n) is 7.79. The normalized spacial score (nSPS) is 16.6. The number of benzene rings is 1. The maximum Gasteiger partial charge on any atom is 0.137 e. The van der Waals surface area contributed by atoms with Gasteiger partial charge in [-0.25, -0.2) is 0 Å². The lowest BCUT2D eigenvalue weighted by atomic mass is 9.93. The van der Waals surface area contributed by atoms with Crippen LogP contribution in [0.25, 0.3) is 5.57 Å². The summed E-state index contributed by atoms with van der Waals surface area (Å²) in [6, 6.07) is 7.77. The Bertz CT molecular complexity index is 376. The number of hydrogen-bond donors (Lipinski definition) is 0. The topological polar surface area (TPSA) is 17.1 Å². The fraction of sp³-hybridized carbons (Fsp3) is 0.250. The van der Waals surface area contributed by atoms with Crippen LogP contribution >= 0.6 is 11.6 Å². The van der Waals surface area contributed by atoms with E-state index in [4.69, 9.17) is 11.6 Å². The first-order valence-corrected chi connectivity index (χ1v) is 5.10. The smallest absolute Gasteiger partial charge is 0.137 e. The van der Waals surface area contributed by atoms with Crippen LogP contribution in [0.15, 0.2) is 30.3 Å². The molecule has 1 aliphatic carbocycles. The highest BCUT2D eigenvalue weighted by Gasteiger charge is 2.11. The van der Waals surface area contributed by atoms with Crippen LogP contribution in [0.3, 0.4) is 0 Å². The third kappa shape index (κ3) is 2.05. The van der Waals surface area contributed by atoms with Crippen molar-refractivity contribution in [2.45, 2.75) is 19.3 Å². The van der Waals surface area contributed by atoms with Gasteiger partial charge in [0.2, 0.25) is 0 Å². The lowest BCUT2D eigenvalue weighted by Gasteiger charge is -2.11. The molecule has 0 aromatic heterocycles. The van der Waals surface area contributed by atoms with Crippen molar-refractivity contribution in [3.05, 3.63) is 40.9 Å². The molecule has 0 unspecified atom stereocenters. The minimum absolute atomic E-state index is 0.336. The van der Waals surface area contributed by atoms with Crippen LogP contribution in [0, 0.1) is 0 Å². The predicted molar refractivity (Wildman–Crippen MR) is 58.3 cm³/mol. The van der Waals surface area contributed by atoms with Crippen molar-refractivity contribution >= 4 is 23.0 Å². The summed E-state index contributed by atoms with van der Waals surface area (Å²) < 4.78 is 0. The molecule has 0 saturated heterocycles. The lowest BCUT2D eigenvalue weighted by Crippen LogP contribution is -2.02. The van der Waals surface area contributed by atoms with Crippen molar-refractivity contribution in [3.8, 4) is 0 Å². The molecule has 0 saturated carbocycles. The van der Waals surface area contributed by atoms with E-state index in [2.05, 4.69) is 0 Å². The SMILES string of the molecule is O=C1CC=C(c2ccc(Cl)cc2)CC1. The summed E-state index contributed by atoms with van der Waals surface area (Å²) in [4.78, 5) is 11.0. The van der Waals surface area contributed by atoms with Crippen molar-refractivity contribution in [1.29, 1.82) is 0 Å². The van der Waals surface area contributed by atoms with Crippen molar-refractivity contribution in [2.75, 3.05) is 0 Å². The highest BCUT2D eigenvalue weighted by Crippen LogP contribution is 2.25. The standard InChI is InChI=1S/C12H11ClO/c13-11-5-1-9(2-6-11)10-3-7-12(14)8-4-10/h1-3,5-6H,4,7-8H2. The Hall–Kier alpha value is -1.08. The van der Waals surface area contributed by atoms with Gasteiger partial charge in [-0.15, -0.1) is 0 Å². The van der Waals surface area contributed by atoms with Gasteiger partial charge >= 0.3 is 0 Å². The molecule has 0 fully saturated rings. The van der Waals surface area contributed by atoms with Crippen molar-refractivity contribution < 1.29 is 4.79 Å². The first-order valence-electron chi connectivity index (χ1n) is 4.72. The van der Waals surface area contributed by atoms with E-state index in [1.54, 1.807) is 0 Å². The molecule has 14 heavy (non-hydrogen) atoms. The molecule has 1 nitrogen and oxygen atoms in total. The molecule has 0 spiro atoms. The molecule has 0 bridgehead atoms. The van der Waals surface area contributed by atoms with Gasteiger partial charge in [0.15, 0.2) is 0 Å². The minimum atomic E-state index is 0.336. The quantitative estimate of drug-likeness (QED) is 0.688. The van der Waals surface area contributed by atoms with Crippen molar-refractivity contribution in [3.63, 3.8) is 0 Å². The molecule has 0 N–H and O–H groups in total. The van der Waals surface area contributed by atoms with Crippen molar-refractivity contribution in [1.82, 2.24) is 0 Å². The maximum absolute atomic E-state index is 11.0. The molecule has 1 aromatic rings. The van der Waals surface area contributed by atoms with Crippen LogP contribution in [0.1, 0.15) is 24.8 Å². The third-order valence-electron chi connectivity index (χ3n) is 2.46. The fourth-order valence-electron chi connectivity index (χ4n) is 1.64. The summed E-state index contributed by atoms with van der Waals surface area (Å²) in [5.74, 6) is 0.336. The Kier molecular flexibility index (Phi) is 2.69. The predicted octanol–water partition coefficient (Wildman–Crippen LogP) is 3.48. The number of halogens is 1. The average Bonchev–Trinajstić information content (AvgIpc) is 2.21. The van der Waals surface area contributed by atoms with Crippen LogP contribution < -0.4 is 0 Å². The molecular formula is C12H11ClO. The van der Waals surface area contributed by atoms with E-state index < -0.39 is 0 Å². The van der Waals surface area contributed by atoms with E-state index >= 15 is 0 Å². The van der Waals surface area contributed by atoms with Gasteiger partial charge in [0.1, 0.15) is 5.78 Å². The summed E-state index contributed by atoms with van der Waals surface area (Å²) in [5.41, 5.74) is 2.45. The molecular weight excluding hydrogens is 196 g/mol. The second-order valence-electron chi connectivity index (χ2n) is 3.48. The van der Waals surface area contributed by atoms with Crippen LogP contribution in [0.4, 0.5) is 0 Å². The lowest BCUT2D eigenvalue weighted by molar-refractivity contribution is -0.118. The van der Waals surface area contributed by atoms with E-state index in [0.29, 0.717) is 18.6 Å². The molecule has 2 rings (SSSR count). The van der Waals surface area contributed by atoms with Gasteiger partial charge in [-0.1, -0.05) is 29.8 Å². The van der Waals surface area contributed by atoms with E-state index in [0.717, 1.165) is 11.4 Å². The molecule has 1 aromatic carbocycles. The minimum Gasteiger partial charge on any atom is -0.299 e. The van der Waals surface area contributed by atoms with Crippen LogP contribution in [0.2, 0.25) is 5.02 Å². The second kappa shape index (κ2) is 3.97. The summed E-state index contributed by atoms with van der Waals surface area (Å²) in [6.45, 7) is 0. The number of carbonyl (C=O) groups excluding carboxylic acids is 1. The summed E-state index contributed by atoms with van der Waals surface area (Å²) in [5, 5.41) is 0.751. The Labute approximate surface area is 88.4 Å². The zero-order valence-corrected chi connectivity index (χ0v) is 8.55. The molecule has 72 valence electrons. The second-order valence-corrected chi connectivity index (χ2v) is 3.92. The average molecular weight is 207 g/mol. The summed E-state index contributed by atoms with van der Waals surface area (Å²) in [7, 11) is 0. The van der Waals surface area contributed by atoms with E-state index in [9.17, 15) is 4.79 Å². The van der Waals surface area contributed by atoms with Crippen molar-refractivity contribution in [2.24, 2.45) is 0 Å². The molecule has 0 amide bonds. The zero-order chi connectivity index (χ0) is 9.97. The van der Waals surface area contributed by atoms with Gasteiger partial charge < -0.3 is 0 Å². The first-order chi connectivity index (χ1) is 6.75. The first kappa shape index (κ1) is 9.47. The number of rotatable bonds is 1. The number of Topliss-reactive ketones (excluding diaryl/α,β-unsaturated/α-hetero) is 1. The van der Waals surface area contributed by atoms with Crippen LogP contribution in [0.5, 0.6) is 0 Å². The number of carbonyl (C=O) groups is 1. The van der Waals surface area contributed by atoms with Crippen LogP contribution in [-0.2, 0) is 4.79 Å². The Balaban J connectivity index is 2.23. The highest BCUT2D eigenvalue weighted by atomic mass is 35.5. The third-order valence-corrected chi connectivity index (χ3v) is 2.72. The van der Waals surface area contributed by atoms with E-state index in [1.807, 2.05) is 30.3 Å². The highest BCUT2D eigenvalue weighted by molar-refractivity contribution is 6.30. The largest absolute Gasteiger partial charge is 0.299 e. The maximum atomic E-state index is 11.0. The Morgan fingerprint density at radius 2 is 1.79 bits per heavy atom. The van der Waals surface area contributed by atoms with Gasteiger partial charge in [0.05, 0.1) is 0 Å². The Morgan fingerprint density at radius 1 is 1.07 bits per heavy atom. The number of ketones is 1. The van der Waals surface area contributed by atoms with Gasteiger partial charge in [-0.2, -0.15) is 0 Å². The Morgan fingerprint density at radius 3 is 2.36 bits per heavy atom. The summed E-state index contributed by atoms with van der Waals surface area (Å²) in [6.07, 6.45) is 4.14. The molecule has 0 atom stereocenters. The van der Waals surface area contributed by atoms with Gasteiger partial charge in [-0.05, 0) is 29.7 Å². The van der Waals surface area contributed by atoms with Gasteiger partial charge in [0, 0.05) is 17.9 Å².